The second kappa shape index (κ2) is 15.0. The molecule has 0 spiro atoms. The minimum absolute atomic E-state index is 0.191. The van der Waals surface area contributed by atoms with Gasteiger partial charge in [0, 0.05) is 0 Å². The van der Waals surface area contributed by atoms with E-state index in [9.17, 15) is 8.42 Å². The van der Waals surface area contributed by atoms with Crippen LogP contribution in [0.1, 0.15) is 109 Å². The normalized spacial score (nSPS) is 12.0. The molecular weight excluding hydrogens is 368 g/mol. The quantitative estimate of drug-likeness (QED) is 0.196. The van der Waals surface area contributed by atoms with Gasteiger partial charge in [-0.15, -0.1) is 0 Å². The molecular formula is C24H42O3S. The summed E-state index contributed by atoms with van der Waals surface area (Å²) in [5.74, 6) is 0. The average Bonchev–Trinajstić information content (AvgIpc) is 2.67. The van der Waals surface area contributed by atoms with Crippen LogP contribution in [0.4, 0.5) is 0 Å². The first kappa shape index (κ1) is 25.2. The van der Waals surface area contributed by atoms with Crippen molar-refractivity contribution in [2.75, 3.05) is 0 Å². The van der Waals surface area contributed by atoms with Gasteiger partial charge in [0.25, 0.3) is 10.1 Å². The number of benzene rings is 1. The van der Waals surface area contributed by atoms with E-state index in [0.717, 1.165) is 31.2 Å². The zero-order valence-corrected chi connectivity index (χ0v) is 19.2. The van der Waals surface area contributed by atoms with Crippen molar-refractivity contribution >= 4 is 10.1 Å². The number of hydrogen-bond acceptors (Lipinski definition) is 3. The average molecular weight is 411 g/mol. The van der Waals surface area contributed by atoms with Crippen molar-refractivity contribution in [2.45, 2.75) is 122 Å². The molecule has 0 bridgehead atoms. The Hall–Kier alpha value is -0.870. The number of aryl methyl sites for hydroxylation is 1. The van der Waals surface area contributed by atoms with Gasteiger partial charge < -0.3 is 0 Å². The monoisotopic (exact) mass is 410 g/mol. The summed E-state index contributed by atoms with van der Waals surface area (Å²) < 4.78 is 31.1. The van der Waals surface area contributed by atoms with Crippen molar-refractivity contribution in [1.82, 2.24) is 0 Å². The van der Waals surface area contributed by atoms with Gasteiger partial charge in [0.15, 0.2) is 0 Å². The molecule has 0 atom stereocenters. The van der Waals surface area contributed by atoms with Crippen LogP contribution in [0.25, 0.3) is 0 Å². The van der Waals surface area contributed by atoms with Gasteiger partial charge in [-0.05, 0) is 31.9 Å². The molecule has 1 aromatic rings. The Morgan fingerprint density at radius 2 is 1.14 bits per heavy atom. The summed E-state index contributed by atoms with van der Waals surface area (Å²) in [6.45, 7) is 6.40. The minimum Gasteiger partial charge on any atom is -0.263 e. The molecule has 0 heterocycles. The number of rotatable bonds is 17. The van der Waals surface area contributed by atoms with Crippen LogP contribution < -0.4 is 0 Å². The Balaban J connectivity index is 2.53. The number of unbranched alkanes of at least 4 members (excludes halogenated alkanes) is 10. The van der Waals surface area contributed by atoms with Crippen LogP contribution in [0.15, 0.2) is 29.2 Å². The highest BCUT2D eigenvalue weighted by molar-refractivity contribution is 7.86. The van der Waals surface area contributed by atoms with E-state index in [1.165, 1.54) is 64.2 Å². The summed E-state index contributed by atoms with van der Waals surface area (Å²) in [7, 11) is -3.68. The molecule has 0 N–H and O–H groups in total. The zero-order valence-electron chi connectivity index (χ0n) is 18.4. The molecule has 4 heteroatoms. The van der Waals surface area contributed by atoms with Crippen molar-refractivity contribution in [2.24, 2.45) is 0 Å². The fraction of sp³-hybridized carbons (Fsp3) is 0.750. The molecule has 0 radical (unpaired) electrons. The van der Waals surface area contributed by atoms with Crippen molar-refractivity contribution in [3.8, 4) is 0 Å². The summed E-state index contributed by atoms with van der Waals surface area (Å²) in [5, 5.41) is 0. The fourth-order valence-electron chi connectivity index (χ4n) is 3.48. The van der Waals surface area contributed by atoms with Gasteiger partial charge in [-0.3, -0.25) is 4.18 Å². The summed E-state index contributed by atoms with van der Waals surface area (Å²) in [4.78, 5) is 0.272. The fourth-order valence-corrected chi connectivity index (χ4v) is 4.62. The van der Waals surface area contributed by atoms with Crippen LogP contribution in [-0.2, 0) is 14.3 Å². The molecule has 28 heavy (non-hydrogen) atoms. The van der Waals surface area contributed by atoms with E-state index < -0.39 is 10.1 Å². The standard InChI is InChI=1S/C24H42O3S/c1-4-6-8-10-12-14-16-23(17-15-13-11-9-7-5-2)27-28(25,26)24-20-18-22(3)19-21-24/h18-21,23H,4-17H2,1-3H3. The summed E-state index contributed by atoms with van der Waals surface area (Å²) >= 11 is 0. The third-order valence-corrected chi connectivity index (χ3v) is 6.71. The SMILES string of the molecule is CCCCCCCCC(CCCCCCCC)OS(=O)(=O)c1ccc(C)cc1. The van der Waals surface area contributed by atoms with Crippen LogP contribution in [0, 0.1) is 6.92 Å². The highest BCUT2D eigenvalue weighted by Crippen LogP contribution is 2.22. The van der Waals surface area contributed by atoms with Gasteiger partial charge in [-0.1, -0.05) is 109 Å². The van der Waals surface area contributed by atoms with Gasteiger partial charge in [0.1, 0.15) is 0 Å². The maximum atomic E-state index is 12.7. The maximum Gasteiger partial charge on any atom is 0.297 e. The second-order valence-corrected chi connectivity index (χ2v) is 9.67. The third kappa shape index (κ3) is 11.2. The molecule has 0 aromatic heterocycles. The molecule has 162 valence electrons. The Morgan fingerprint density at radius 1 is 0.714 bits per heavy atom. The zero-order chi connectivity index (χ0) is 20.7. The predicted octanol–water partition coefficient (Wildman–Crippen LogP) is 7.57. The lowest BCUT2D eigenvalue weighted by Gasteiger charge is -2.18. The van der Waals surface area contributed by atoms with Gasteiger partial charge >= 0.3 is 0 Å². The predicted molar refractivity (Wildman–Crippen MR) is 119 cm³/mol. The minimum atomic E-state index is -3.68. The maximum absolute atomic E-state index is 12.7. The lowest BCUT2D eigenvalue weighted by molar-refractivity contribution is 0.180. The Morgan fingerprint density at radius 3 is 1.61 bits per heavy atom. The second-order valence-electron chi connectivity index (χ2n) is 8.10. The van der Waals surface area contributed by atoms with E-state index in [4.69, 9.17) is 4.18 Å². The molecule has 0 fully saturated rings. The van der Waals surface area contributed by atoms with Crippen LogP contribution in [0.5, 0.6) is 0 Å². The molecule has 0 aliphatic heterocycles. The van der Waals surface area contributed by atoms with E-state index in [1.54, 1.807) is 12.1 Å². The number of hydrogen-bond donors (Lipinski definition) is 0. The third-order valence-electron chi connectivity index (χ3n) is 5.33. The van der Waals surface area contributed by atoms with Crippen LogP contribution >= 0.6 is 0 Å². The first-order chi connectivity index (χ1) is 13.5. The first-order valence-electron chi connectivity index (χ1n) is 11.5. The highest BCUT2D eigenvalue weighted by Gasteiger charge is 2.21. The van der Waals surface area contributed by atoms with E-state index in [2.05, 4.69) is 13.8 Å². The lowest BCUT2D eigenvalue weighted by Crippen LogP contribution is -2.19. The van der Waals surface area contributed by atoms with E-state index >= 15 is 0 Å². The molecule has 0 saturated carbocycles. The molecule has 1 rings (SSSR count). The summed E-state index contributed by atoms with van der Waals surface area (Å²) in [6, 6.07) is 6.95. The lowest BCUT2D eigenvalue weighted by atomic mass is 10.0. The topological polar surface area (TPSA) is 43.4 Å². The van der Waals surface area contributed by atoms with Crippen molar-refractivity contribution in [1.29, 1.82) is 0 Å². The summed E-state index contributed by atoms with van der Waals surface area (Å²) in [5.41, 5.74) is 1.05. The largest absolute Gasteiger partial charge is 0.297 e. The molecule has 0 aliphatic carbocycles. The van der Waals surface area contributed by atoms with Crippen molar-refractivity contribution < 1.29 is 12.6 Å². The van der Waals surface area contributed by atoms with Crippen molar-refractivity contribution in [3.05, 3.63) is 29.8 Å². The molecule has 3 nitrogen and oxygen atoms in total. The van der Waals surface area contributed by atoms with Crippen LogP contribution in [-0.4, -0.2) is 14.5 Å². The first-order valence-corrected chi connectivity index (χ1v) is 12.9. The van der Waals surface area contributed by atoms with Crippen molar-refractivity contribution in [3.63, 3.8) is 0 Å². The Kier molecular flexibility index (Phi) is 13.5. The molecule has 0 saturated heterocycles. The van der Waals surface area contributed by atoms with Gasteiger partial charge in [0.05, 0.1) is 11.0 Å². The van der Waals surface area contributed by atoms with Crippen LogP contribution in [0.2, 0.25) is 0 Å². The van der Waals surface area contributed by atoms with E-state index in [-0.39, 0.29) is 11.0 Å². The molecule has 0 amide bonds. The van der Waals surface area contributed by atoms with E-state index in [1.807, 2.05) is 19.1 Å². The highest BCUT2D eigenvalue weighted by atomic mass is 32.2. The Labute approximate surface area is 174 Å². The van der Waals surface area contributed by atoms with Gasteiger partial charge in [0.2, 0.25) is 0 Å². The molecule has 1 aromatic carbocycles. The smallest absolute Gasteiger partial charge is 0.263 e. The Bertz CT molecular complexity index is 577. The van der Waals surface area contributed by atoms with Crippen LogP contribution in [0.3, 0.4) is 0 Å². The van der Waals surface area contributed by atoms with E-state index in [0.29, 0.717) is 0 Å². The van der Waals surface area contributed by atoms with Gasteiger partial charge in [-0.2, -0.15) is 8.42 Å². The summed E-state index contributed by atoms with van der Waals surface area (Å²) in [6.07, 6.45) is 16.0. The molecule has 0 unspecified atom stereocenters. The van der Waals surface area contributed by atoms with Gasteiger partial charge in [-0.25, -0.2) is 0 Å². The molecule has 0 aliphatic rings.